The van der Waals surface area contributed by atoms with Crippen LogP contribution in [0, 0.1) is 0 Å². The molecule has 1 amide bonds. The standard InChI is InChI=1S/C10H10N4OS/c15-10(9(16)8-6-11-14-13-8)12-7-4-2-1-3-5-7/h1-6,9,16H,(H,12,15)(H,11,13,14)/t9-/m0/s1. The summed E-state index contributed by atoms with van der Waals surface area (Å²) in [6, 6.07) is 9.19. The average molecular weight is 234 g/mol. The van der Waals surface area contributed by atoms with Gasteiger partial charge in [-0.2, -0.15) is 12.6 Å². The highest BCUT2D eigenvalue weighted by Gasteiger charge is 2.18. The molecule has 0 spiro atoms. The van der Waals surface area contributed by atoms with E-state index in [9.17, 15) is 4.79 Å². The Bertz CT molecular complexity index is 457. The predicted octanol–water partition coefficient (Wildman–Crippen LogP) is 1.41. The molecule has 0 aliphatic rings. The number of para-hydroxylation sites is 1. The van der Waals surface area contributed by atoms with Crippen molar-refractivity contribution >= 4 is 24.2 Å². The van der Waals surface area contributed by atoms with E-state index >= 15 is 0 Å². The molecule has 0 aliphatic carbocycles. The summed E-state index contributed by atoms with van der Waals surface area (Å²) in [5.41, 5.74) is 1.23. The lowest BCUT2D eigenvalue weighted by Gasteiger charge is -2.08. The summed E-state index contributed by atoms with van der Waals surface area (Å²) in [6.45, 7) is 0. The van der Waals surface area contributed by atoms with E-state index in [-0.39, 0.29) is 5.91 Å². The number of rotatable bonds is 3. The molecule has 82 valence electrons. The molecule has 1 aromatic heterocycles. The minimum atomic E-state index is -0.626. The number of thiol groups is 1. The van der Waals surface area contributed by atoms with Gasteiger partial charge in [0.1, 0.15) is 10.9 Å². The van der Waals surface area contributed by atoms with Crippen molar-refractivity contribution < 1.29 is 4.79 Å². The lowest BCUT2D eigenvalue weighted by atomic mass is 10.2. The molecular weight excluding hydrogens is 224 g/mol. The number of aromatic amines is 1. The van der Waals surface area contributed by atoms with Crippen molar-refractivity contribution in [3.8, 4) is 0 Å². The number of hydrogen-bond donors (Lipinski definition) is 3. The van der Waals surface area contributed by atoms with Crippen LogP contribution in [0.2, 0.25) is 0 Å². The van der Waals surface area contributed by atoms with Crippen molar-refractivity contribution in [3.05, 3.63) is 42.2 Å². The molecule has 2 rings (SSSR count). The van der Waals surface area contributed by atoms with Gasteiger partial charge in [-0.1, -0.05) is 23.4 Å². The molecular formula is C10H10N4OS. The Hall–Kier alpha value is -1.82. The number of hydrogen-bond acceptors (Lipinski definition) is 4. The Morgan fingerprint density at radius 1 is 1.38 bits per heavy atom. The maximum absolute atomic E-state index is 11.7. The van der Waals surface area contributed by atoms with Crippen LogP contribution in [0.15, 0.2) is 36.5 Å². The van der Waals surface area contributed by atoms with Crippen LogP contribution in [0.5, 0.6) is 0 Å². The Kier molecular flexibility index (Phi) is 3.21. The molecule has 1 heterocycles. The third kappa shape index (κ3) is 2.40. The van der Waals surface area contributed by atoms with E-state index < -0.39 is 5.25 Å². The molecule has 2 N–H and O–H groups in total. The van der Waals surface area contributed by atoms with E-state index in [4.69, 9.17) is 0 Å². The number of nitrogens with zero attached hydrogens (tertiary/aromatic N) is 2. The van der Waals surface area contributed by atoms with Crippen molar-refractivity contribution in [1.29, 1.82) is 0 Å². The third-order valence-electron chi connectivity index (χ3n) is 2.01. The summed E-state index contributed by atoms with van der Waals surface area (Å²) < 4.78 is 0. The van der Waals surface area contributed by atoms with E-state index in [2.05, 4.69) is 33.4 Å². The summed E-state index contributed by atoms with van der Waals surface area (Å²) in [5.74, 6) is -0.233. The zero-order valence-electron chi connectivity index (χ0n) is 8.29. The number of benzene rings is 1. The number of carbonyl (C=O) groups is 1. The molecule has 5 nitrogen and oxygen atoms in total. The molecule has 16 heavy (non-hydrogen) atoms. The number of aromatic nitrogens is 3. The Morgan fingerprint density at radius 2 is 2.12 bits per heavy atom. The molecule has 0 radical (unpaired) electrons. The molecule has 6 heteroatoms. The maximum atomic E-state index is 11.7. The third-order valence-corrected chi connectivity index (χ3v) is 2.50. The van der Waals surface area contributed by atoms with Crippen LogP contribution in [0.4, 0.5) is 5.69 Å². The minimum Gasteiger partial charge on any atom is -0.325 e. The predicted molar refractivity (Wildman–Crippen MR) is 63.2 cm³/mol. The first kappa shape index (κ1) is 10.7. The van der Waals surface area contributed by atoms with Gasteiger partial charge in [-0.25, -0.2) is 0 Å². The van der Waals surface area contributed by atoms with Crippen LogP contribution in [-0.2, 0) is 4.79 Å². The maximum Gasteiger partial charge on any atom is 0.243 e. The van der Waals surface area contributed by atoms with Crippen molar-refractivity contribution in [2.75, 3.05) is 5.32 Å². The minimum absolute atomic E-state index is 0.233. The summed E-state index contributed by atoms with van der Waals surface area (Å²) in [5, 5.41) is 11.9. The number of nitrogens with one attached hydrogen (secondary N) is 2. The molecule has 0 bridgehead atoms. The van der Waals surface area contributed by atoms with Gasteiger partial charge in [0.25, 0.3) is 0 Å². The van der Waals surface area contributed by atoms with Crippen molar-refractivity contribution in [3.63, 3.8) is 0 Å². The van der Waals surface area contributed by atoms with E-state index in [1.807, 2.05) is 18.2 Å². The molecule has 0 fully saturated rings. The summed E-state index contributed by atoms with van der Waals surface area (Å²) in [4.78, 5) is 11.7. The van der Waals surface area contributed by atoms with Crippen LogP contribution in [0.3, 0.4) is 0 Å². The fourth-order valence-corrected chi connectivity index (χ4v) is 1.40. The lowest BCUT2D eigenvalue weighted by Crippen LogP contribution is -2.17. The van der Waals surface area contributed by atoms with Gasteiger partial charge in [0, 0.05) is 11.9 Å². The number of H-pyrrole nitrogens is 1. The fourth-order valence-electron chi connectivity index (χ4n) is 1.21. The highest BCUT2D eigenvalue weighted by molar-refractivity contribution is 7.81. The first-order chi connectivity index (χ1) is 7.77. The van der Waals surface area contributed by atoms with Crippen molar-refractivity contribution in [1.82, 2.24) is 15.4 Å². The summed E-state index contributed by atoms with van der Waals surface area (Å²) in [7, 11) is 0. The number of anilines is 1. The average Bonchev–Trinajstić information content (AvgIpc) is 2.83. The normalized spacial score (nSPS) is 12.1. The van der Waals surface area contributed by atoms with Crippen LogP contribution in [0.25, 0.3) is 0 Å². The van der Waals surface area contributed by atoms with Gasteiger partial charge in [0.2, 0.25) is 5.91 Å². The van der Waals surface area contributed by atoms with Gasteiger partial charge in [0.05, 0.1) is 0 Å². The van der Waals surface area contributed by atoms with Crippen LogP contribution in [-0.4, -0.2) is 21.3 Å². The van der Waals surface area contributed by atoms with Crippen LogP contribution < -0.4 is 5.32 Å². The molecule has 0 saturated heterocycles. The first-order valence-electron chi connectivity index (χ1n) is 4.67. The summed E-state index contributed by atoms with van der Waals surface area (Å²) in [6.07, 6.45) is 1.54. The van der Waals surface area contributed by atoms with Gasteiger partial charge in [-0.05, 0) is 12.1 Å². The SMILES string of the molecule is O=C(Nc1ccccc1)[C@@H](S)c1c[nH]nn1. The molecule has 0 aliphatic heterocycles. The van der Waals surface area contributed by atoms with Crippen LogP contribution in [0.1, 0.15) is 10.9 Å². The highest BCUT2D eigenvalue weighted by Crippen LogP contribution is 2.18. The topological polar surface area (TPSA) is 70.7 Å². The van der Waals surface area contributed by atoms with E-state index in [0.717, 1.165) is 5.69 Å². The Morgan fingerprint density at radius 3 is 2.75 bits per heavy atom. The zero-order chi connectivity index (χ0) is 11.4. The second-order valence-corrected chi connectivity index (χ2v) is 3.67. The van der Waals surface area contributed by atoms with Gasteiger partial charge < -0.3 is 5.32 Å². The largest absolute Gasteiger partial charge is 0.325 e. The zero-order valence-corrected chi connectivity index (χ0v) is 9.19. The Labute approximate surface area is 97.7 Å². The quantitative estimate of drug-likeness (QED) is 0.703. The second kappa shape index (κ2) is 4.80. The van der Waals surface area contributed by atoms with E-state index in [0.29, 0.717) is 5.69 Å². The highest BCUT2D eigenvalue weighted by atomic mass is 32.1. The van der Waals surface area contributed by atoms with Crippen molar-refractivity contribution in [2.45, 2.75) is 5.25 Å². The second-order valence-electron chi connectivity index (χ2n) is 3.16. The van der Waals surface area contributed by atoms with E-state index in [1.165, 1.54) is 0 Å². The number of amides is 1. The van der Waals surface area contributed by atoms with Gasteiger partial charge in [-0.15, -0.1) is 5.10 Å². The van der Waals surface area contributed by atoms with Crippen LogP contribution >= 0.6 is 12.6 Å². The molecule has 2 aromatic rings. The molecule has 0 unspecified atom stereocenters. The van der Waals surface area contributed by atoms with Crippen molar-refractivity contribution in [2.24, 2.45) is 0 Å². The smallest absolute Gasteiger partial charge is 0.243 e. The fraction of sp³-hybridized carbons (Fsp3) is 0.100. The Balaban J connectivity index is 2.04. The summed E-state index contributed by atoms with van der Waals surface area (Å²) >= 11 is 4.18. The van der Waals surface area contributed by atoms with Gasteiger partial charge >= 0.3 is 0 Å². The first-order valence-corrected chi connectivity index (χ1v) is 5.19. The monoisotopic (exact) mass is 234 g/mol. The molecule has 1 aromatic carbocycles. The van der Waals surface area contributed by atoms with E-state index in [1.54, 1.807) is 18.3 Å². The number of carbonyl (C=O) groups excluding carboxylic acids is 1. The molecule has 0 saturated carbocycles. The van der Waals surface area contributed by atoms with Gasteiger partial charge in [-0.3, -0.25) is 9.89 Å². The van der Waals surface area contributed by atoms with Gasteiger partial charge in [0.15, 0.2) is 0 Å². The molecule has 1 atom stereocenters. The lowest BCUT2D eigenvalue weighted by molar-refractivity contribution is -0.115.